The maximum atomic E-state index is 10.9. The van der Waals surface area contributed by atoms with Gasteiger partial charge in [-0.1, -0.05) is 19.8 Å². The molecule has 0 aliphatic heterocycles. The molecule has 94 valence electrons. The van der Waals surface area contributed by atoms with Crippen LogP contribution in [0.2, 0.25) is 0 Å². The first kappa shape index (κ1) is 13.5. The maximum Gasteiger partial charge on any atom is 0.305 e. The van der Waals surface area contributed by atoms with Gasteiger partial charge in [0.15, 0.2) is 0 Å². The Morgan fingerprint density at radius 3 is 2.94 bits per heavy atom. The first-order valence-electron chi connectivity index (χ1n) is 6.50. The Hall–Kier alpha value is -0.570. The van der Waals surface area contributed by atoms with Crippen LogP contribution in [0, 0.1) is 11.8 Å². The first-order chi connectivity index (χ1) is 7.72. The average Bonchev–Trinajstić information content (AvgIpc) is 2.28. The lowest BCUT2D eigenvalue weighted by Gasteiger charge is -2.26. The van der Waals surface area contributed by atoms with Gasteiger partial charge in [-0.15, -0.1) is 0 Å². The molecule has 0 amide bonds. The van der Waals surface area contributed by atoms with Crippen molar-refractivity contribution < 1.29 is 9.53 Å². The molecule has 1 aliphatic rings. The lowest BCUT2D eigenvalue weighted by atomic mass is 9.82. The molecule has 0 spiro atoms. The van der Waals surface area contributed by atoms with Crippen LogP contribution < -0.4 is 5.32 Å². The summed E-state index contributed by atoms with van der Waals surface area (Å²) in [5.41, 5.74) is 0. The molecule has 1 N–H and O–H groups in total. The second-order valence-corrected chi connectivity index (χ2v) is 5.02. The van der Waals surface area contributed by atoms with E-state index in [1.165, 1.54) is 32.8 Å². The lowest BCUT2D eigenvalue weighted by molar-refractivity contribution is -0.140. The van der Waals surface area contributed by atoms with E-state index in [1.54, 1.807) is 0 Å². The van der Waals surface area contributed by atoms with Gasteiger partial charge in [0, 0.05) is 6.42 Å². The summed E-state index contributed by atoms with van der Waals surface area (Å²) >= 11 is 0. The Labute approximate surface area is 98.9 Å². The summed E-state index contributed by atoms with van der Waals surface area (Å²) in [5.74, 6) is 1.64. The van der Waals surface area contributed by atoms with E-state index in [0.717, 1.165) is 31.3 Å². The number of rotatable bonds is 6. The summed E-state index contributed by atoms with van der Waals surface area (Å²) in [6.45, 7) is 4.40. The van der Waals surface area contributed by atoms with E-state index < -0.39 is 0 Å². The van der Waals surface area contributed by atoms with E-state index in [0.29, 0.717) is 6.42 Å². The topological polar surface area (TPSA) is 38.3 Å². The molecular formula is C13H25NO2. The van der Waals surface area contributed by atoms with Crippen molar-refractivity contribution in [3.8, 4) is 0 Å². The molecular weight excluding hydrogens is 202 g/mol. The van der Waals surface area contributed by atoms with Gasteiger partial charge in [0.1, 0.15) is 0 Å². The fraction of sp³-hybridized carbons (Fsp3) is 0.923. The number of nitrogens with one attached hydrogen (secondary N) is 1. The van der Waals surface area contributed by atoms with Crippen LogP contribution in [0.25, 0.3) is 0 Å². The number of carbonyl (C=O) groups is 1. The number of carbonyl (C=O) groups excluding carboxylic acids is 1. The molecule has 0 radical (unpaired) electrons. The van der Waals surface area contributed by atoms with Crippen LogP contribution in [0.15, 0.2) is 0 Å². The van der Waals surface area contributed by atoms with Crippen molar-refractivity contribution in [2.45, 2.75) is 45.4 Å². The molecule has 0 bridgehead atoms. The van der Waals surface area contributed by atoms with E-state index >= 15 is 0 Å². The maximum absolute atomic E-state index is 10.9. The normalized spacial score (nSPS) is 25.4. The highest BCUT2D eigenvalue weighted by Gasteiger charge is 2.17. The lowest BCUT2D eigenvalue weighted by Crippen LogP contribution is -2.27. The third-order valence-electron chi connectivity index (χ3n) is 3.44. The Kier molecular flexibility index (Phi) is 6.46. The Bertz CT molecular complexity index is 206. The smallest absolute Gasteiger partial charge is 0.305 e. The van der Waals surface area contributed by atoms with Crippen molar-refractivity contribution in [2.24, 2.45) is 11.8 Å². The van der Waals surface area contributed by atoms with Crippen LogP contribution in [0.4, 0.5) is 0 Å². The van der Waals surface area contributed by atoms with Gasteiger partial charge in [-0.3, -0.25) is 4.79 Å². The molecule has 2 unspecified atom stereocenters. The van der Waals surface area contributed by atoms with Gasteiger partial charge in [0.25, 0.3) is 0 Å². The second-order valence-electron chi connectivity index (χ2n) is 5.02. The van der Waals surface area contributed by atoms with Crippen molar-refractivity contribution in [1.29, 1.82) is 0 Å². The fourth-order valence-corrected chi connectivity index (χ4v) is 2.51. The highest BCUT2D eigenvalue weighted by atomic mass is 16.5. The number of methoxy groups -OCH3 is 1. The summed E-state index contributed by atoms with van der Waals surface area (Å²) in [6, 6.07) is 0. The molecule has 3 heteroatoms. The van der Waals surface area contributed by atoms with Crippen molar-refractivity contribution in [1.82, 2.24) is 5.32 Å². The molecule has 1 aliphatic carbocycles. The SMILES string of the molecule is COC(=O)CCCNCC1CCCC(C)C1. The second kappa shape index (κ2) is 7.66. The highest BCUT2D eigenvalue weighted by Crippen LogP contribution is 2.27. The minimum absolute atomic E-state index is 0.104. The number of hydrogen-bond acceptors (Lipinski definition) is 3. The predicted octanol–water partition coefficient (Wildman–Crippen LogP) is 2.36. The predicted molar refractivity (Wildman–Crippen MR) is 65.2 cm³/mol. The molecule has 0 aromatic carbocycles. The molecule has 16 heavy (non-hydrogen) atoms. The molecule has 0 heterocycles. The summed E-state index contributed by atoms with van der Waals surface area (Å²) in [6.07, 6.45) is 6.94. The van der Waals surface area contributed by atoms with Crippen LogP contribution in [-0.4, -0.2) is 26.2 Å². The van der Waals surface area contributed by atoms with Crippen LogP contribution in [0.1, 0.15) is 45.4 Å². The number of esters is 1. The number of hydrogen-bond donors (Lipinski definition) is 1. The Morgan fingerprint density at radius 2 is 2.25 bits per heavy atom. The van der Waals surface area contributed by atoms with Crippen molar-refractivity contribution in [2.75, 3.05) is 20.2 Å². The molecule has 0 saturated heterocycles. The molecule has 0 aromatic heterocycles. The van der Waals surface area contributed by atoms with Crippen molar-refractivity contribution in [3.05, 3.63) is 0 Å². The quantitative estimate of drug-likeness (QED) is 0.559. The van der Waals surface area contributed by atoms with E-state index in [9.17, 15) is 4.79 Å². The first-order valence-corrected chi connectivity index (χ1v) is 6.50. The van der Waals surface area contributed by atoms with E-state index in [1.807, 2.05) is 0 Å². The molecule has 1 rings (SSSR count). The van der Waals surface area contributed by atoms with E-state index in [4.69, 9.17) is 0 Å². The van der Waals surface area contributed by atoms with Crippen LogP contribution >= 0.6 is 0 Å². The molecule has 1 saturated carbocycles. The van der Waals surface area contributed by atoms with Gasteiger partial charge < -0.3 is 10.1 Å². The van der Waals surface area contributed by atoms with E-state index in [-0.39, 0.29) is 5.97 Å². The van der Waals surface area contributed by atoms with Crippen molar-refractivity contribution in [3.63, 3.8) is 0 Å². The zero-order valence-corrected chi connectivity index (χ0v) is 10.6. The van der Waals surface area contributed by atoms with Gasteiger partial charge >= 0.3 is 5.97 Å². The van der Waals surface area contributed by atoms with Gasteiger partial charge in [0.2, 0.25) is 0 Å². The van der Waals surface area contributed by atoms with Crippen molar-refractivity contribution >= 4 is 5.97 Å². The average molecular weight is 227 g/mol. The summed E-state index contributed by atoms with van der Waals surface area (Å²) < 4.78 is 4.59. The third kappa shape index (κ3) is 5.50. The Balaban J connectivity index is 1.96. The zero-order chi connectivity index (χ0) is 11.8. The van der Waals surface area contributed by atoms with Crippen LogP contribution in [0.5, 0.6) is 0 Å². The molecule has 2 atom stereocenters. The molecule has 0 aromatic rings. The van der Waals surface area contributed by atoms with Gasteiger partial charge in [-0.05, 0) is 44.2 Å². The number of ether oxygens (including phenoxy) is 1. The largest absolute Gasteiger partial charge is 0.469 e. The summed E-state index contributed by atoms with van der Waals surface area (Å²) in [7, 11) is 1.44. The Morgan fingerprint density at radius 1 is 1.44 bits per heavy atom. The monoisotopic (exact) mass is 227 g/mol. The fourth-order valence-electron chi connectivity index (χ4n) is 2.51. The van der Waals surface area contributed by atoms with Crippen LogP contribution in [-0.2, 0) is 9.53 Å². The zero-order valence-electron chi connectivity index (χ0n) is 10.6. The van der Waals surface area contributed by atoms with Gasteiger partial charge in [-0.2, -0.15) is 0 Å². The molecule has 1 fully saturated rings. The third-order valence-corrected chi connectivity index (χ3v) is 3.44. The minimum atomic E-state index is -0.104. The summed E-state index contributed by atoms with van der Waals surface area (Å²) in [4.78, 5) is 10.9. The minimum Gasteiger partial charge on any atom is -0.469 e. The van der Waals surface area contributed by atoms with Gasteiger partial charge in [0.05, 0.1) is 7.11 Å². The van der Waals surface area contributed by atoms with E-state index in [2.05, 4.69) is 17.0 Å². The molecule has 3 nitrogen and oxygen atoms in total. The standard InChI is InChI=1S/C13H25NO2/c1-11-5-3-6-12(9-11)10-14-8-4-7-13(15)16-2/h11-12,14H,3-10H2,1-2H3. The highest BCUT2D eigenvalue weighted by molar-refractivity contribution is 5.69. The van der Waals surface area contributed by atoms with Gasteiger partial charge in [-0.25, -0.2) is 0 Å². The van der Waals surface area contributed by atoms with Crippen LogP contribution in [0.3, 0.4) is 0 Å². The summed E-state index contributed by atoms with van der Waals surface area (Å²) in [5, 5.41) is 3.45.